The number of amides is 1. The highest BCUT2D eigenvalue weighted by Gasteiger charge is 2.26. The van der Waals surface area contributed by atoms with Crippen LogP contribution in [-0.4, -0.2) is 28.8 Å². The van der Waals surface area contributed by atoms with Gasteiger partial charge in [-0.3, -0.25) is 19.8 Å². The first kappa shape index (κ1) is 19.0. The van der Waals surface area contributed by atoms with Crippen molar-refractivity contribution in [1.29, 1.82) is 0 Å². The third kappa shape index (κ3) is 4.52. The van der Waals surface area contributed by atoms with Gasteiger partial charge < -0.3 is 5.32 Å². The molecule has 0 aliphatic carbocycles. The lowest BCUT2D eigenvalue weighted by Crippen LogP contribution is -2.27. The van der Waals surface area contributed by atoms with Crippen LogP contribution in [0.4, 0.5) is 11.4 Å². The van der Waals surface area contributed by atoms with E-state index in [0.29, 0.717) is 30.3 Å². The Hall–Kier alpha value is -2.73. The average Bonchev–Trinajstić information content (AvgIpc) is 3.10. The third-order valence-electron chi connectivity index (χ3n) is 5.19. The molecule has 0 radical (unpaired) electrons. The SMILES string of the molecule is Cc1cccc(C2CCCN2CCC(=O)Nc2cccc([N+](=O)[O-])c2C)c1. The standard InChI is InChI=1S/C21H25N3O3/c1-15-6-3-7-17(14-15)20-10-5-12-23(20)13-11-21(25)22-18-8-4-9-19(16(18)2)24(26)27/h3-4,6-9,14,20H,5,10-13H2,1-2H3,(H,22,25). The van der Waals surface area contributed by atoms with Gasteiger partial charge in [0.05, 0.1) is 16.2 Å². The zero-order valence-electron chi connectivity index (χ0n) is 15.8. The van der Waals surface area contributed by atoms with Gasteiger partial charge in [0, 0.05) is 25.1 Å². The molecule has 2 aromatic rings. The lowest BCUT2D eigenvalue weighted by Gasteiger charge is -2.25. The van der Waals surface area contributed by atoms with Gasteiger partial charge in [0.2, 0.25) is 5.91 Å². The van der Waals surface area contributed by atoms with Crippen LogP contribution in [0.15, 0.2) is 42.5 Å². The van der Waals surface area contributed by atoms with Gasteiger partial charge in [-0.1, -0.05) is 35.9 Å². The second-order valence-corrected chi connectivity index (χ2v) is 7.11. The third-order valence-corrected chi connectivity index (χ3v) is 5.19. The molecule has 1 atom stereocenters. The molecule has 27 heavy (non-hydrogen) atoms. The molecule has 1 aliphatic heterocycles. The first-order chi connectivity index (χ1) is 13.0. The molecule has 1 amide bonds. The Kier molecular flexibility index (Phi) is 5.86. The van der Waals surface area contributed by atoms with Gasteiger partial charge in [-0.25, -0.2) is 0 Å². The van der Waals surface area contributed by atoms with Crippen molar-refractivity contribution in [3.8, 4) is 0 Å². The molecule has 6 heteroatoms. The highest BCUT2D eigenvalue weighted by molar-refractivity contribution is 5.92. The van der Waals surface area contributed by atoms with Crippen LogP contribution in [0.5, 0.6) is 0 Å². The smallest absolute Gasteiger partial charge is 0.274 e. The highest BCUT2D eigenvalue weighted by Crippen LogP contribution is 2.32. The average molecular weight is 367 g/mol. The van der Waals surface area contributed by atoms with Gasteiger partial charge >= 0.3 is 0 Å². The van der Waals surface area contributed by atoms with Crippen molar-refractivity contribution < 1.29 is 9.72 Å². The molecule has 1 heterocycles. The number of hydrogen-bond acceptors (Lipinski definition) is 4. The number of likely N-dealkylation sites (tertiary alicyclic amines) is 1. The molecule has 0 spiro atoms. The van der Waals surface area contributed by atoms with Gasteiger partial charge in [-0.2, -0.15) is 0 Å². The van der Waals surface area contributed by atoms with E-state index in [-0.39, 0.29) is 11.6 Å². The molecule has 2 aromatic carbocycles. The summed E-state index contributed by atoms with van der Waals surface area (Å²) in [6.45, 7) is 5.42. The summed E-state index contributed by atoms with van der Waals surface area (Å²) >= 11 is 0. The number of nitrogens with zero attached hydrogens (tertiary/aromatic N) is 2. The largest absolute Gasteiger partial charge is 0.326 e. The Balaban J connectivity index is 1.61. The summed E-state index contributed by atoms with van der Waals surface area (Å²) < 4.78 is 0. The van der Waals surface area contributed by atoms with Gasteiger partial charge in [-0.15, -0.1) is 0 Å². The number of nitro benzene ring substituents is 1. The number of anilines is 1. The number of nitro groups is 1. The Morgan fingerprint density at radius 1 is 1.26 bits per heavy atom. The Labute approximate surface area is 159 Å². The molecule has 6 nitrogen and oxygen atoms in total. The molecule has 0 aromatic heterocycles. The molecule has 1 unspecified atom stereocenters. The number of carbonyl (C=O) groups is 1. The van der Waals surface area contributed by atoms with Gasteiger partial charge in [-0.05, 0) is 44.9 Å². The molecule has 1 fully saturated rings. The number of nitrogens with one attached hydrogen (secondary N) is 1. The Morgan fingerprint density at radius 3 is 2.78 bits per heavy atom. The van der Waals surface area contributed by atoms with E-state index >= 15 is 0 Å². The molecule has 1 aliphatic rings. The van der Waals surface area contributed by atoms with Crippen LogP contribution in [0.25, 0.3) is 0 Å². The summed E-state index contributed by atoms with van der Waals surface area (Å²) in [5.41, 5.74) is 3.56. The molecule has 3 rings (SSSR count). The van der Waals surface area contributed by atoms with Crippen molar-refractivity contribution in [1.82, 2.24) is 4.90 Å². The maximum Gasteiger partial charge on any atom is 0.274 e. The van der Waals surface area contributed by atoms with Crippen molar-refractivity contribution in [3.05, 3.63) is 69.3 Å². The number of rotatable bonds is 6. The fourth-order valence-corrected chi connectivity index (χ4v) is 3.76. The van der Waals surface area contributed by atoms with Crippen LogP contribution in [0.3, 0.4) is 0 Å². The first-order valence-corrected chi connectivity index (χ1v) is 9.30. The van der Waals surface area contributed by atoms with Crippen molar-refractivity contribution in [2.45, 2.75) is 39.2 Å². The summed E-state index contributed by atoms with van der Waals surface area (Å²) in [5, 5.41) is 13.9. The maximum absolute atomic E-state index is 12.4. The second-order valence-electron chi connectivity index (χ2n) is 7.11. The highest BCUT2D eigenvalue weighted by atomic mass is 16.6. The van der Waals surface area contributed by atoms with E-state index in [1.807, 2.05) is 0 Å². The molecule has 142 valence electrons. The number of aryl methyl sites for hydroxylation is 1. The van der Waals surface area contributed by atoms with Crippen molar-refractivity contribution >= 4 is 17.3 Å². The van der Waals surface area contributed by atoms with Crippen molar-refractivity contribution in [3.63, 3.8) is 0 Å². The molecular weight excluding hydrogens is 342 g/mol. The summed E-state index contributed by atoms with van der Waals surface area (Å²) in [4.78, 5) is 25.4. The molecule has 1 saturated heterocycles. The number of carbonyl (C=O) groups excluding carboxylic acids is 1. The quantitative estimate of drug-likeness (QED) is 0.607. The zero-order chi connectivity index (χ0) is 19.4. The van der Waals surface area contributed by atoms with Gasteiger partial charge in [0.15, 0.2) is 0 Å². The van der Waals surface area contributed by atoms with Crippen LogP contribution < -0.4 is 5.32 Å². The van der Waals surface area contributed by atoms with Crippen LogP contribution in [0.1, 0.15) is 42.0 Å². The predicted molar refractivity (Wildman–Crippen MR) is 106 cm³/mol. The fraction of sp³-hybridized carbons (Fsp3) is 0.381. The molecule has 0 saturated carbocycles. The van der Waals surface area contributed by atoms with E-state index in [1.54, 1.807) is 19.1 Å². The summed E-state index contributed by atoms with van der Waals surface area (Å²) in [5.74, 6) is -0.117. The van der Waals surface area contributed by atoms with Gasteiger partial charge in [0.25, 0.3) is 5.69 Å². The minimum atomic E-state index is -0.429. The van der Waals surface area contributed by atoms with Crippen molar-refractivity contribution in [2.24, 2.45) is 0 Å². The first-order valence-electron chi connectivity index (χ1n) is 9.30. The normalized spacial score (nSPS) is 17.0. The number of benzene rings is 2. The van der Waals surface area contributed by atoms with E-state index in [2.05, 4.69) is 41.4 Å². The van der Waals surface area contributed by atoms with Crippen molar-refractivity contribution in [2.75, 3.05) is 18.4 Å². The van der Waals surface area contributed by atoms with Crippen LogP contribution in [0.2, 0.25) is 0 Å². The van der Waals surface area contributed by atoms with E-state index in [4.69, 9.17) is 0 Å². The Morgan fingerprint density at radius 2 is 2.04 bits per heavy atom. The summed E-state index contributed by atoms with van der Waals surface area (Å²) in [7, 11) is 0. The van der Waals surface area contributed by atoms with Crippen LogP contribution in [0, 0.1) is 24.0 Å². The minimum absolute atomic E-state index is 0.0202. The molecular formula is C21H25N3O3. The fourth-order valence-electron chi connectivity index (χ4n) is 3.76. The molecule has 0 bridgehead atoms. The number of hydrogen-bond donors (Lipinski definition) is 1. The van der Waals surface area contributed by atoms with E-state index in [9.17, 15) is 14.9 Å². The monoisotopic (exact) mass is 367 g/mol. The van der Waals surface area contributed by atoms with E-state index < -0.39 is 4.92 Å². The lowest BCUT2D eigenvalue weighted by molar-refractivity contribution is -0.385. The lowest BCUT2D eigenvalue weighted by atomic mass is 10.0. The van der Waals surface area contributed by atoms with E-state index in [0.717, 1.165) is 19.4 Å². The van der Waals surface area contributed by atoms with E-state index in [1.165, 1.54) is 17.2 Å². The topological polar surface area (TPSA) is 75.5 Å². The molecule has 1 N–H and O–H groups in total. The second kappa shape index (κ2) is 8.31. The predicted octanol–water partition coefficient (Wildman–Crippen LogP) is 4.38. The van der Waals surface area contributed by atoms with Crippen LogP contribution in [-0.2, 0) is 4.79 Å². The maximum atomic E-state index is 12.4. The van der Waals surface area contributed by atoms with Gasteiger partial charge in [0.1, 0.15) is 0 Å². The Bertz CT molecular complexity index is 850. The summed E-state index contributed by atoms with van der Waals surface area (Å²) in [6, 6.07) is 13.6. The minimum Gasteiger partial charge on any atom is -0.326 e. The summed E-state index contributed by atoms with van der Waals surface area (Å²) in [6.07, 6.45) is 2.60. The zero-order valence-corrected chi connectivity index (χ0v) is 15.8. The van der Waals surface area contributed by atoms with Crippen LogP contribution >= 0.6 is 0 Å².